The second kappa shape index (κ2) is 7.40. The Labute approximate surface area is 112 Å². The van der Waals surface area contributed by atoms with Crippen LogP contribution in [0.5, 0.6) is 5.75 Å². The van der Waals surface area contributed by atoms with Gasteiger partial charge in [-0.25, -0.2) is 0 Å². The molecule has 2 N–H and O–H groups in total. The van der Waals surface area contributed by atoms with Gasteiger partial charge in [0, 0.05) is 18.7 Å². The number of alkyl halides is 2. The highest BCUT2D eigenvalue weighted by molar-refractivity contribution is 5.33. The molecular weight excluding hydrogens is 252 g/mol. The fraction of sp³-hybridized carbons (Fsp3) is 0.571. The summed E-state index contributed by atoms with van der Waals surface area (Å²) in [6.45, 7) is 1.80. The lowest BCUT2D eigenvalue weighted by atomic mass is 9.97. The Morgan fingerprint density at radius 1 is 1.26 bits per heavy atom. The summed E-state index contributed by atoms with van der Waals surface area (Å²) < 4.78 is 28.9. The molecule has 0 aliphatic rings. The largest absolute Gasteiger partial charge is 0.434 e. The highest BCUT2D eigenvalue weighted by Crippen LogP contribution is 2.20. The fourth-order valence-electron chi connectivity index (χ4n) is 1.79. The van der Waals surface area contributed by atoms with Gasteiger partial charge in [-0.3, -0.25) is 0 Å². The second-order valence-electron chi connectivity index (χ2n) is 4.52. The van der Waals surface area contributed by atoms with E-state index in [-0.39, 0.29) is 5.75 Å². The normalized spacial score (nSPS) is 11.9. The van der Waals surface area contributed by atoms with Crippen molar-refractivity contribution in [1.29, 1.82) is 0 Å². The van der Waals surface area contributed by atoms with Crippen molar-refractivity contribution in [2.75, 3.05) is 6.54 Å². The van der Waals surface area contributed by atoms with Gasteiger partial charge in [-0.2, -0.15) is 8.78 Å². The summed E-state index contributed by atoms with van der Waals surface area (Å²) in [6, 6.07) is 6.65. The first-order chi connectivity index (χ1) is 9.00. The van der Waals surface area contributed by atoms with Crippen molar-refractivity contribution in [2.24, 2.45) is 0 Å². The number of benzene rings is 1. The van der Waals surface area contributed by atoms with Gasteiger partial charge in [0.25, 0.3) is 0 Å². The lowest BCUT2D eigenvalue weighted by Crippen LogP contribution is -2.39. The van der Waals surface area contributed by atoms with Gasteiger partial charge in [-0.15, -0.1) is 0 Å². The number of aliphatic hydroxyl groups is 1. The summed E-state index contributed by atoms with van der Waals surface area (Å²) in [5.74, 6) is 0.168. The Hall–Kier alpha value is -1.20. The number of hydrogen-bond donors (Lipinski definition) is 2. The van der Waals surface area contributed by atoms with Crippen LogP contribution in [0.15, 0.2) is 24.3 Å². The van der Waals surface area contributed by atoms with Crippen molar-refractivity contribution in [2.45, 2.75) is 45.4 Å². The molecule has 0 amide bonds. The Kier molecular flexibility index (Phi) is 6.18. The molecule has 1 rings (SSSR count). The predicted molar refractivity (Wildman–Crippen MR) is 70.3 cm³/mol. The average Bonchev–Trinajstić information content (AvgIpc) is 2.40. The molecule has 5 heteroatoms. The molecule has 1 aromatic rings. The van der Waals surface area contributed by atoms with E-state index >= 15 is 0 Å². The molecule has 0 saturated heterocycles. The number of para-hydroxylation sites is 1. The smallest absolute Gasteiger partial charge is 0.387 e. The molecule has 1 aromatic carbocycles. The summed E-state index contributed by atoms with van der Waals surface area (Å²) in [7, 11) is 0. The number of rotatable bonds is 8. The number of halogens is 2. The van der Waals surface area contributed by atoms with E-state index in [1.54, 1.807) is 18.2 Å². The topological polar surface area (TPSA) is 41.5 Å². The van der Waals surface area contributed by atoms with E-state index in [0.29, 0.717) is 31.5 Å². The lowest BCUT2D eigenvalue weighted by Gasteiger charge is -2.25. The zero-order valence-corrected chi connectivity index (χ0v) is 11.3. The van der Waals surface area contributed by atoms with Gasteiger partial charge in [0.05, 0.1) is 5.60 Å². The van der Waals surface area contributed by atoms with E-state index in [9.17, 15) is 13.9 Å². The van der Waals surface area contributed by atoms with E-state index in [0.717, 1.165) is 0 Å². The predicted octanol–water partition coefficient (Wildman–Crippen LogP) is 2.93. The molecule has 0 aromatic heterocycles. The molecule has 0 heterocycles. The van der Waals surface area contributed by atoms with Crippen LogP contribution in [0.1, 0.15) is 32.3 Å². The van der Waals surface area contributed by atoms with Crippen molar-refractivity contribution in [3.63, 3.8) is 0 Å². The maximum atomic E-state index is 12.2. The Morgan fingerprint density at radius 3 is 2.47 bits per heavy atom. The van der Waals surface area contributed by atoms with E-state index in [1.807, 2.05) is 13.8 Å². The average molecular weight is 273 g/mol. The summed E-state index contributed by atoms with van der Waals surface area (Å²) in [5.41, 5.74) is -0.101. The Morgan fingerprint density at radius 2 is 1.89 bits per heavy atom. The summed E-state index contributed by atoms with van der Waals surface area (Å²) in [6.07, 6.45) is 1.29. The van der Waals surface area contributed by atoms with Crippen molar-refractivity contribution in [3.05, 3.63) is 29.8 Å². The summed E-state index contributed by atoms with van der Waals surface area (Å²) in [5, 5.41) is 13.2. The van der Waals surface area contributed by atoms with Crippen LogP contribution in [0.4, 0.5) is 8.78 Å². The Balaban J connectivity index is 2.58. The standard InChI is InChI=1S/C14H21F2NO2/c1-3-14(18,4-2)10-17-9-11-7-5-6-8-12(11)19-13(15)16/h5-8,13,17-18H,3-4,9-10H2,1-2H3. The van der Waals surface area contributed by atoms with Gasteiger partial charge in [0.2, 0.25) is 0 Å². The molecule has 0 radical (unpaired) electrons. The highest BCUT2D eigenvalue weighted by Gasteiger charge is 2.21. The van der Waals surface area contributed by atoms with Crippen molar-refractivity contribution in [3.8, 4) is 5.75 Å². The van der Waals surface area contributed by atoms with Crippen molar-refractivity contribution >= 4 is 0 Å². The molecule has 19 heavy (non-hydrogen) atoms. The fourth-order valence-corrected chi connectivity index (χ4v) is 1.79. The molecule has 0 saturated carbocycles. The molecule has 0 atom stereocenters. The van der Waals surface area contributed by atoms with E-state index in [1.165, 1.54) is 6.07 Å². The maximum Gasteiger partial charge on any atom is 0.387 e. The van der Waals surface area contributed by atoms with Crippen LogP contribution in [0, 0.1) is 0 Å². The van der Waals surface area contributed by atoms with Crippen LogP contribution in [0.3, 0.4) is 0 Å². The second-order valence-corrected chi connectivity index (χ2v) is 4.52. The summed E-state index contributed by atoms with van der Waals surface area (Å²) in [4.78, 5) is 0. The number of ether oxygens (including phenoxy) is 1. The molecule has 0 aliphatic carbocycles. The van der Waals surface area contributed by atoms with E-state index in [2.05, 4.69) is 10.1 Å². The maximum absolute atomic E-state index is 12.2. The van der Waals surface area contributed by atoms with Gasteiger partial charge in [-0.05, 0) is 18.9 Å². The first-order valence-electron chi connectivity index (χ1n) is 6.46. The third kappa shape index (κ3) is 5.12. The highest BCUT2D eigenvalue weighted by atomic mass is 19.3. The van der Waals surface area contributed by atoms with Crippen LogP contribution >= 0.6 is 0 Å². The molecule has 0 fully saturated rings. The van der Waals surface area contributed by atoms with E-state index < -0.39 is 12.2 Å². The van der Waals surface area contributed by atoms with Crippen LogP contribution in [0.25, 0.3) is 0 Å². The molecule has 3 nitrogen and oxygen atoms in total. The van der Waals surface area contributed by atoms with Crippen molar-refractivity contribution in [1.82, 2.24) is 5.32 Å². The van der Waals surface area contributed by atoms with Crippen LogP contribution in [-0.4, -0.2) is 23.9 Å². The minimum Gasteiger partial charge on any atom is -0.434 e. The van der Waals surface area contributed by atoms with Crippen LogP contribution in [0.2, 0.25) is 0 Å². The van der Waals surface area contributed by atoms with Gasteiger partial charge >= 0.3 is 6.61 Å². The van der Waals surface area contributed by atoms with E-state index in [4.69, 9.17) is 0 Å². The van der Waals surface area contributed by atoms with Gasteiger partial charge in [0.15, 0.2) is 0 Å². The third-order valence-electron chi connectivity index (χ3n) is 3.27. The SMILES string of the molecule is CCC(O)(CC)CNCc1ccccc1OC(F)F. The minimum atomic E-state index is -2.83. The lowest BCUT2D eigenvalue weighted by molar-refractivity contribution is -0.0505. The zero-order chi connectivity index (χ0) is 14.3. The van der Waals surface area contributed by atoms with Gasteiger partial charge in [-0.1, -0.05) is 32.0 Å². The first-order valence-corrected chi connectivity index (χ1v) is 6.46. The first kappa shape index (κ1) is 15.9. The number of nitrogens with one attached hydrogen (secondary N) is 1. The Bertz CT molecular complexity index is 381. The molecule has 108 valence electrons. The molecular formula is C14H21F2NO2. The quantitative estimate of drug-likeness (QED) is 0.765. The molecule has 0 unspecified atom stereocenters. The van der Waals surface area contributed by atoms with Crippen LogP contribution < -0.4 is 10.1 Å². The zero-order valence-electron chi connectivity index (χ0n) is 11.3. The molecule has 0 bridgehead atoms. The van der Waals surface area contributed by atoms with Crippen LogP contribution in [-0.2, 0) is 6.54 Å². The van der Waals surface area contributed by atoms with Gasteiger partial charge < -0.3 is 15.2 Å². The number of hydrogen-bond acceptors (Lipinski definition) is 3. The van der Waals surface area contributed by atoms with Gasteiger partial charge in [0.1, 0.15) is 5.75 Å². The minimum absolute atomic E-state index is 0.168. The molecule has 0 spiro atoms. The molecule has 0 aliphatic heterocycles. The van der Waals surface area contributed by atoms with Crippen molar-refractivity contribution < 1.29 is 18.6 Å². The third-order valence-corrected chi connectivity index (χ3v) is 3.27. The summed E-state index contributed by atoms with van der Waals surface area (Å²) >= 11 is 0. The monoisotopic (exact) mass is 273 g/mol.